The lowest BCUT2D eigenvalue weighted by molar-refractivity contribution is -0.274. The summed E-state index contributed by atoms with van der Waals surface area (Å²) in [5.41, 5.74) is 7.04. The molecule has 112 valence electrons. The number of pyridine rings is 1. The van der Waals surface area contributed by atoms with E-state index in [4.69, 9.17) is 5.73 Å². The molecule has 0 aliphatic heterocycles. The summed E-state index contributed by atoms with van der Waals surface area (Å²) in [5, 5.41) is 0. The predicted molar refractivity (Wildman–Crippen MR) is 78.8 cm³/mol. The monoisotopic (exact) mass is 424 g/mol. The van der Waals surface area contributed by atoms with Crippen molar-refractivity contribution in [3.8, 4) is 5.75 Å². The predicted octanol–water partition coefficient (Wildman–Crippen LogP) is 4.55. The number of benzene rings is 1. The number of rotatable bonds is 3. The van der Waals surface area contributed by atoms with Gasteiger partial charge in [0.15, 0.2) is 0 Å². The molecule has 0 saturated carbocycles. The van der Waals surface area contributed by atoms with Crippen molar-refractivity contribution in [3.05, 3.63) is 56.7 Å². The fraction of sp³-hybridized carbons (Fsp3) is 0.154. The third kappa shape index (κ3) is 4.42. The molecule has 1 aromatic carbocycles. The number of nitrogens with two attached hydrogens (primary N) is 1. The van der Waals surface area contributed by atoms with Gasteiger partial charge in [-0.05, 0) is 55.6 Å². The SMILES string of the molecule is NC(c1cccc(OC(F)(F)F)c1)c1ncc(Br)cc1Br. The number of hydrogen-bond donors (Lipinski definition) is 1. The van der Waals surface area contributed by atoms with Crippen molar-refractivity contribution in [1.82, 2.24) is 4.98 Å². The van der Waals surface area contributed by atoms with E-state index < -0.39 is 12.4 Å². The zero-order valence-electron chi connectivity index (χ0n) is 10.4. The van der Waals surface area contributed by atoms with E-state index in [1.165, 1.54) is 18.2 Å². The molecule has 1 heterocycles. The van der Waals surface area contributed by atoms with Gasteiger partial charge in [-0.15, -0.1) is 13.2 Å². The van der Waals surface area contributed by atoms with Crippen LogP contribution in [-0.2, 0) is 0 Å². The lowest BCUT2D eigenvalue weighted by Crippen LogP contribution is -2.18. The van der Waals surface area contributed by atoms with Crippen LogP contribution in [0.2, 0.25) is 0 Å². The second-order valence-corrected chi connectivity index (χ2v) is 5.89. The van der Waals surface area contributed by atoms with Crippen molar-refractivity contribution in [2.75, 3.05) is 0 Å². The Labute approximate surface area is 135 Å². The highest BCUT2D eigenvalue weighted by Crippen LogP contribution is 2.30. The van der Waals surface area contributed by atoms with E-state index >= 15 is 0 Å². The van der Waals surface area contributed by atoms with Crippen LogP contribution in [-0.4, -0.2) is 11.3 Å². The van der Waals surface area contributed by atoms with Gasteiger partial charge >= 0.3 is 6.36 Å². The number of aromatic nitrogens is 1. The van der Waals surface area contributed by atoms with Gasteiger partial charge < -0.3 is 10.5 Å². The molecule has 2 aromatic rings. The van der Waals surface area contributed by atoms with Crippen LogP contribution in [0, 0.1) is 0 Å². The average Bonchev–Trinajstić information content (AvgIpc) is 2.36. The highest BCUT2D eigenvalue weighted by Gasteiger charge is 2.31. The maximum atomic E-state index is 12.2. The van der Waals surface area contributed by atoms with Crippen molar-refractivity contribution in [2.45, 2.75) is 12.4 Å². The van der Waals surface area contributed by atoms with Crippen LogP contribution in [0.1, 0.15) is 17.3 Å². The molecule has 1 unspecified atom stereocenters. The van der Waals surface area contributed by atoms with Crippen molar-refractivity contribution in [2.24, 2.45) is 5.73 Å². The summed E-state index contributed by atoms with van der Waals surface area (Å²) in [5.74, 6) is -0.316. The molecule has 8 heteroatoms. The van der Waals surface area contributed by atoms with Gasteiger partial charge in [0.05, 0.1) is 11.7 Å². The first-order valence-electron chi connectivity index (χ1n) is 5.68. The van der Waals surface area contributed by atoms with Gasteiger partial charge in [0.1, 0.15) is 5.75 Å². The van der Waals surface area contributed by atoms with Crippen LogP contribution < -0.4 is 10.5 Å². The summed E-state index contributed by atoms with van der Waals surface area (Å²) in [7, 11) is 0. The number of alkyl halides is 3. The highest BCUT2D eigenvalue weighted by molar-refractivity contribution is 9.11. The quantitative estimate of drug-likeness (QED) is 0.784. The Morgan fingerprint density at radius 1 is 1.19 bits per heavy atom. The maximum Gasteiger partial charge on any atom is 0.573 e. The molecule has 1 atom stereocenters. The standard InChI is InChI=1S/C13H9Br2F3N2O/c14-8-5-10(15)12(20-6-8)11(19)7-2-1-3-9(4-7)21-13(16,17)18/h1-6,11H,19H2. The van der Waals surface area contributed by atoms with E-state index in [2.05, 4.69) is 41.6 Å². The smallest absolute Gasteiger partial charge is 0.406 e. The van der Waals surface area contributed by atoms with Crippen LogP contribution in [0.15, 0.2) is 45.5 Å². The number of hydrogen-bond acceptors (Lipinski definition) is 3. The molecule has 3 nitrogen and oxygen atoms in total. The van der Waals surface area contributed by atoms with Gasteiger partial charge in [0.25, 0.3) is 0 Å². The van der Waals surface area contributed by atoms with Crippen molar-refractivity contribution in [1.29, 1.82) is 0 Å². The largest absolute Gasteiger partial charge is 0.573 e. The molecule has 0 saturated heterocycles. The Balaban J connectivity index is 2.31. The summed E-state index contributed by atoms with van der Waals surface area (Å²) in [4.78, 5) is 4.18. The lowest BCUT2D eigenvalue weighted by atomic mass is 10.0. The van der Waals surface area contributed by atoms with Crippen molar-refractivity contribution < 1.29 is 17.9 Å². The molecule has 1 aromatic heterocycles. The van der Waals surface area contributed by atoms with Crippen LogP contribution in [0.3, 0.4) is 0 Å². The van der Waals surface area contributed by atoms with Crippen LogP contribution in [0.25, 0.3) is 0 Å². The lowest BCUT2D eigenvalue weighted by Gasteiger charge is -2.15. The Bertz CT molecular complexity index is 650. The van der Waals surface area contributed by atoms with Gasteiger partial charge in [0, 0.05) is 15.1 Å². The second-order valence-electron chi connectivity index (χ2n) is 4.12. The van der Waals surface area contributed by atoms with Crippen molar-refractivity contribution in [3.63, 3.8) is 0 Å². The van der Waals surface area contributed by atoms with Gasteiger partial charge in [-0.3, -0.25) is 4.98 Å². The minimum Gasteiger partial charge on any atom is -0.406 e. The summed E-state index contributed by atoms with van der Waals surface area (Å²) >= 11 is 6.60. The Kier molecular flexibility index (Phi) is 4.90. The van der Waals surface area contributed by atoms with Gasteiger partial charge in [-0.25, -0.2) is 0 Å². The van der Waals surface area contributed by atoms with Crippen LogP contribution >= 0.6 is 31.9 Å². The van der Waals surface area contributed by atoms with E-state index in [1.807, 2.05) is 0 Å². The zero-order valence-corrected chi connectivity index (χ0v) is 13.5. The molecule has 2 rings (SSSR count). The fourth-order valence-corrected chi connectivity index (χ4v) is 2.95. The average molecular weight is 426 g/mol. The Morgan fingerprint density at radius 2 is 1.90 bits per heavy atom. The maximum absolute atomic E-state index is 12.2. The number of ether oxygens (including phenoxy) is 1. The molecule has 0 fully saturated rings. The summed E-state index contributed by atoms with van der Waals surface area (Å²) in [6, 6.07) is 6.61. The summed E-state index contributed by atoms with van der Waals surface area (Å²) < 4.78 is 42.0. The zero-order chi connectivity index (χ0) is 15.6. The van der Waals surface area contributed by atoms with Crippen molar-refractivity contribution >= 4 is 31.9 Å². The van der Waals surface area contributed by atoms with E-state index in [-0.39, 0.29) is 5.75 Å². The Hall–Kier alpha value is -1.12. The molecule has 0 aliphatic carbocycles. The number of nitrogens with zero attached hydrogens (tertiary/aromatic N) is 1. The van der Waals surface area contributed by atoms with Gasteiger partial charge in [-0.1, -0.05) is 12.1 Å². The molecule has 2 N–H and O–H groups in total. The molecule has 21 heavy (non-hydrogen) atoms. The van der Waals surface area contributed by atoms with E-state index in [0.717, 1.165) is 4.47 Å². The topological polar surface area (TPSA) is 48.1 Å². The second kappa shape index (κ2) is 6.33. The third-order valence-electron chi connectivity index (χ3n) is 2.58. The first-order chi connectivity index (χ1) is 9.76. The first-order valence-corrected chi connectivity index (χ1v) is 7.27. The van der Waals surface area contributed by atoms with Gasteiger partial charge in [0.2, 0.25) is 0 Å². The van der Waals surface area contributed by atoms with Crippen LogP contribution in [0.5, 0.6) is 5.75 Å². The first kappa shape index (κ1) is 16.3. The summed E-state index contributed by atoms with van der Waals surface area (Å²) in [6.45, 7) is 0. The molecule has 0 amide bonds. The molecule has 0 aliphatic rings. The number of halogens is 5. The Morgan fingerprint density at radius 3 is 2.52 bits per heavy atom. The molecule has 0 bridgehead atoms. The normalized spacial score (nSPS) is 13.0. The minimum atomic E-state index is -4.74. The highest BCUT2D eigenvalue weighted by atomic mass is 79.9. The van der Waals surface area contributed by atoms with Crippen LogP contribution in [0.4, 0.5) is 13.2 Å². The van der Waals surface area contributed by atoms with E-state index in [9.17, 15) is 13.2 Å². The minimum absolute atomic E-state index is 0.316. The van der Waals surface area contributed by atoms with Gasteiger partial charge in [-0.2, -0.15) is 0 Å². The molecular formula is C13H9Br2F3N2O. The molecule has 0 radical (unpaired) electrons. The fourth-order valence-electron chi connectivity index (χ4n) is 1.72. The third-order valence-corrected chi connectivity index (χ3v) is 3.65. The molecule has 0 spiro atoms. The van der Waals surface area contributed by atoms with E-state index in [1.54, 1.807) is 18.3 Å². The van der Waals surface area contributed by atoms with E-state index in [0.29, 0.717) is 15.7 Å². The molecular weight excluding hydrogens is 417 g/mol. The summed E-state index contributed by atoms with van der Waals surface area (Å²) in [6.07, 6.45) is -3.17.